The van der Waals surface area contributed by atoms with Gasteiger partial charge in [-0.15, -0.1) is 0 Å². The minimum absolute atomic E-state index is 0.00972. The van der Waals surface area contributed by atoms with Crippen LogP contribution in [0, 0.1) is 5.92 Å². The van der Waals surface area contributed by atoms with Gasteiger partial charge in [-0.2, -0.15) is 0 Å². The number of nitrogens with zero attached hydrogens (tertiary/aromatic N) is 2. The lowest BCUT2D eigenvalue weighted by Crippen LogP contribution is -2.29. The van der Waals surface area contributed by atoms with Gasteiger partial charge in [-0.1, -0.05) is 0 Å². The van der Waals surface area contributed by atoms with Crippen LogP contribution in [-0.2, 0) is 9.53 Å². The largest absolute Gasteiger partial charge is 0.381 e. The van der Waals surface area contributed by atoms with E-state index >= 15 is 0 Å². The van der Waals surface area contributed by atoms with Gasteiger partial charge >= 0.3 is 0 Å². The summed E-state index contributed by atoms with van der Waals surface area (Å²) in [5, 5.41) is 2.69. The maximum Gasteiger partial charge on any atom is 0.230 e. The van der Waals surface area contributed by atoms with Crippen molar-refractivity contribution in [1.29, 1.82) is 0 Å². The lowest BCUT2D eigenvalue weighted by atomic mass is 10.00. The minimum Gasteiger partial charge on any atom is -0.381 e. The molecule has 1 aromatic rings. The quantitative estimate of drug-likeness (QED) is 0.780. The van der Waals surface area contributed by atoms with E-state index in [0.29, 0.717) is 19.2 Å². The highest BCUT2D eigenvalue weighted by molar-refractivity contribution is 5.90. The van der Waals surface area contributed by atoms with Crippen LogP contribution in [0.1, 0.15) is 12.8 Å². The number of carbonyl (C=O) groups excluding carboxylic acids is 1. The van der Waals surface area contributed by atoms with Gasteiger partial charge in [-0.05, 0) is 18.9 Å². The van der Waals surface area contributed by atoms with Crippen LogP contribution in [0.3, 0.4) is 0 Å². The molecule has 0 atom stereocenters. The maximum atomic E-state index is 11.7. The van der Waals surface area contributed by atoms with E-state index in [1.54, 1.807) is 18.5 Å². The second-order valence-electron chi connectivity index (χ2n) is 3.45. The van der Waals surface area contributed by atoms with E-state index in [1.165, 1.54) is 0 Å². The van der Waals surface area contributed by atoms with E-state index in [2.05, 4.69) is 15.3 Å². The van der Waals surface area contributed by atoms with Gasteiger partial charge in [0.25, 0.3) is 0 Å². The summed E-state index contributed by atoms with van der Waals surface area (Å²) in [5.41, 5.74) is 0. The summed E-state index contributed by atoms with van der Waals surface area (Å²) in [6.45, 7) is 1.32. The molecule has 1 aromatic heterocycles. The van der Waals surface area contributed by atoms with E-state index in [4.69, 9.17) is 4.74 Å². The third-order valence-electron chi connectivity index (χ3n) is 2.39. The molecule has 80 valence electrons. The molecular formula is C10H13N3O2. The first-order valence-corrected chi connectivity index (χ1v) is 5.02. The first-order valence-electron chi connectivity index (χ1n) is 5.02. The summed E-state index contributed by atoms with van der Waals surface area (Å²) in [5.74, 6) is 0.390. The van der Waals surface area contributed by atoms with Gasteiger partial charge in [0.15, 0.2) is 0 Å². The van der Waals surface area contributed by atoms with Gasteiger partial charge in [0, 0.05) is 31.5 Å². The molecule has 1 amide bonds. The molecule has 15 heavy (non-hydrogen) atoms. The smallest absolute Gasteiger partial charge is 0.230 e. The number of carbonyl (C=O) groups is 1. The van der Waals surface area contributed by atoms with Crippen LogP contribution < -0.4 is 5.32 Å². The zero-order chi connectivity index (χ0) is 10.5. The first kappa shape index (κ1) is 10.0. The van der Waals surface area contributed by atoms with Crippen molar-refractivity contribution < 1.29 is 9.53 Å². The van der Waals surface area contributed by atoms with Crippen molar-refractivity contribution in [2.24, 2.45) is 5.92 Å². The first-order chi connectivity index (χ1) is 7.36. The topological polar surface area (TPSA) is 64.1 Å². The Labute approximate surface area is 87.9 Å². The molecule has 0 unspecified atom stereocenters. The van der Waals surface area contributed by atoms with E-state index in [-0.39, 0.29) is 11.8 Å². The Morgan fingerprint density at radius 1 is 1.33 bits per heavy atom. The van der Waals surface area contributed by atoms with Crippen LogP contribution in [0.4, 0.5) is 5.95 Å². The van der Waals surface area contributed by atoms with Crippen molar-refractivity contribution in [3.63, 3.8) is 0 Å². The van der Waals surface area contributed by atoms with Gasteiger partial charge in [0.2, 0.25) is 11.9 Å². The monoisotopic (exact) mass is 207 g/mol. The standard InChI is InChI=1S/C10H13N3O2/c14-9(8-2-6-15-7-3-8)13-10-11-4-1-5-12-10/h1,4-5,8H,2-3,6-7H2,(H,11,12,13,14). The summed E-state index contributed by atoms with van der Waals surface area (Å²) in [6, 6.07) is 1.71. The van der Waals surface area contributed by atoms with Crippen molar-refractivity contribution in [1.82, 2.24) is 9.97 Å². The van der Waals surface area contributed by atoms with Crippen LogP contribution in [0.2, 0.25) is 0 Å². The Balaban J connectivity index is 1.91. The Hall–Kier alpha value is -1.49. The second kappa shape index (κ2) is 4.84. The number of rotatable bonds is 2. The van der Waals surface area contributed by atoms with Crippen LogP contribution in [0.15, 0.2) is 18.5 Å². The number of ether oxygens (including phenoxy) is 1. The summed E-state index contributed by atoms with van der Waals surface area (Å²) in [7, 11) is 0. The Kier molecular flexibility index (Phi) is 3.24. The molecule has 0 radical (unpaired) electrons. The zero-order valence-corrected chi connectivity index (χ0v) is 8.35. The summed E-state index contributed by atoms with van der Waals surface area (Å²) >= 11 is 0. The molecule has 5 nitrogen and oxygen atoms in total. The predicted octanol–water partition coefficient (Wildman–Crippen LogP) is 0.842. The molecular weight excluding hydrogens is 194 g/mol. The highest BCUT2D eigenvalue weighted by Crippen LogP contribution is 2.15. The van der Waals surface area contributed by atoms with Crippen LogP contribution >= 0.6 is 0 Å². The number of hydrogen-bond donors (Lipinski definition) is 1. The van der Waals surface area contributed by atoms with E-state index in [9.17, 15) is 4.79 Å². The predicted molar refractivity (Wildman–Crippen MR) is 54.2 cm³/mol. The molecule has 0 aliphatic carbocycles. The fraction of sp³-hybridized carbons (Fsp3) is 0.500. The number of hydrogen-bond acceptors (Lipinski definition) is 4. The Bertz CT molecular complexity index is 323. The van der Waals surface area contributed by atoms with E-state index in [0.717, 1.165) is 12.8 Å². The van der Waals surface area contributed by atoms with Gasteiger partial charge in [-0.3, -0.25) is 10.1 Å². The number of amides is 1. The molecule has 0 aromatic carbocycles. The molecule has 1 aliphatic heterocycles. The van der Waals surface area contributed by atoms with Gasteiger partial charge in [-0.25, -0.2) is 9.97 Å². The molecule has 1 fully saturated rings. The second-order valence-corrected chi connectivity index (χ2v) is 3.45. The maximum absolute atomic E-state index is 11.7. The molecule has 1 saturated heterocycles. The Morgan fingerprint density at radius 2 is 2.00 bits per heavy atom. The Morgan fingerprint density at radius 3 is 2.67 bits per heavy atom. The number of nitrogens with one attached hydrogen (secondary N) is 1. The van der Waals surface area contributed by atoms with Gasteiger partial charge < -0.3 is 4.74 Å². The van der Waals surface area contributed by atoms with Crippen molar-refractivity contribution >= 4 is 11.9 Å². The third-order valence-corrected chi connectivity index (χ3v) is 2.39. The molecule has 0 spiro atoms. The van der Waals surface area contributed by atoms with Crippen molar-refractivity contribution in [3.05, 3.63) is 18.5 Å². The molecule has 2 heterocycles. The van der Waals surface area contributed by atoms with Crippen molar-refractivity contribution in [2.75, 3.05) is 18.5 Å². The third kappa shape index (κ3) is 2.73. The summed E-state index contributed by atoms with van der Waals surface area (Å²) in [4.78, 5) is 19.6. The lowest BCUT2D eigenvalue weighted by molar-refractivity contribution is -0.122. The summed E-state index contributed by atoms with van der Waals surface area (Å²) in [6.07, 6.45) is 4.76. The SMILES string of the molecule is O=C(Nc1ncccn1)C1CCOCC1. The minimum atomic E-state index is -0.00972. The van der Waals surface area contributed by atoms with Crippen LogP contribution in [0.25, 0.3) is 0 Å². The fourth-order valence-corrected chi connectivity index (χ4v) is 1.54. The average molecular weight is 207 g/mol. The van der Waals surface area contributed by atoms with Gasteiger partial charge in [0.1, 0.15) is 0 Å². The number of anilines is 1. The van der Waals surface area contributed by atoms with E-state index in [1.807, 2.05) is 0 Å². The van der Waals surface area contributed by atoms with Crippen LogP contribution in [-0.4, -0.2) is 29.1 Å². The molecule has 2 rings (SSSR count). The number of aromatic nitrogens is 2. The normalized spacial score (nSPS) is 17.3. The highest BCUT2D eigenvalue weighted by Gasteiger charge is 2.21. The molecule has 0 saturated carbocycles. The van der Waals surface area contributed by atoms with Crippen molar-refractivity contribution in [2.45, 2.75) is 12.8 Å². The lowest BCUT2D eigenvalue weighted by Gasteiger charge is -2.20. The molecule has 5 heteroatoms. The highest BCUT2D eigenvalue weighted by atomic mass is 16.5. The molecule has 1 N–H and O–H groups in total. The van der Waals surface area contributed by atoms with Gasteiger partial charge in [0.05, 0.1) is 0 Å². The van der Waals surface area contributed by atoms with Crippen molar-refractivity contribution in [3.8, 4) is 0 Å². The average Bonchev–Trinajstić information content (AvgIpc) is 2.31. The molecule has 1 aliphatic rings. The van der Waals surface area contributed by atoms with Crippen LogP contribution in [0.5, 0.6) is 0 Å². The van der Waals surface area contributed by atoms with E-state index < -0.39 is 0 Å². The molecule has 0 bridgehead atoms. The summed E-state index contributed by atoms with van der Waals surface area (Å²) < 4.78 is 5.19. The fourth-order valence-electron chi connectivity index (χ4n) is 1.54. The zero-order valence-electron chi connectivity index (χ0n) is 8.35.